The fourth-order valence-corrected chi connectivity index (χ4v) is 4.77. The van der Waals surface area contributed by atoms with E-state index in [0.717, 1.165) is 17.9 Å². The number of benzene rings is 1. The second-order valence-electron chi connectivity index (χ2n) is 8.49. The Balaban J connectivity index is 1.65. The largest absolute Gasteiger partial charge is 0.472 e. The molecule has 192 valence electrons. The Kier molecular flexibility index (Phi) is 7.52. The van der Waals surface area contributed by atoms with Gasteiger partial charge in [-0.1, -0.05) is 0 Å². The topological polar surface area (TPSA) is 106 Å². The van der Waals surface area contributed by atoms with Gasteiger partial charge in [-0.3, -0.25) is 0 Å². The highest BCUT2D eigenvalue weighted by Crippen LogP contribution is 2.41. The van der Waals surface area contributed by atoms with Crippen LogP contribution in [0.2, 0.25) is 0 Å². The first-order chi connectivity index (χ1) is 16.6. The van der Waals surface area contributed by atoms with E-state index >= 15 is 4.39 Å². The summed E-state index contributed by atoms with van der Waals surface area (Å²) in [6.07, 6.45) is -5.60. The monoisotopic (exact) mass is 566 g/mol. The standard InChI is InChI=1S/C21H23BrF4N4O5/c1-33-8-10-4-11(27-6-10)9-34-19-28-17-13(5-14(21(24,25)26)15(22)16(17)23)18(29-19)35-12-2-3-30(7-12)20(31)32/h5,10-12,27H,2-4,6-9H2,1H3,(H,31,32)/t10-,11+,12-/m1/s1. The minimum atomic E-state index is -4.85. The summed E-state index contributed by atoms with van der Waals surface area (Å²) in [6, 6.07) is 0.407. The van der Waals surface area contributed by atoms with Crippen LogP contribution in [-0.2, 0) is 10.9 Å². The van der Waals surface area contributed by atoms with Crippen molar-refractivity contribution in [1.29, 1.82) is 0 Å². The lowest BCUT2D eigenvalue weighted by molar-refractivity contribution is -0.138. The number of likely N-dealkylation sites (tertiary alicyclic amines) is 1. The molecule has 0 spiro atoms. The van der Waals surface area contributed by atoms with E-state index in [1.54, 1.807) is 7.11 Å². The van der Waals surface area contributed by atoms with Crippen LogP contribution in [-0.4, -0.2) is 78.2 Å². The molecule has 2 aliphatic heterocycles. The van der Waals surface area contributed by atoms with Crippen LogP contribution in [0, 0.1) is 11.7 Å². The number of hydrogen-bond acceptors (Lipinski definition) is 7. The third-order valence-electron chi connectivity index (χ3n) is 5.94. The number of alkyl halides is 3. The lowest BCUT2D eigenvalue weighted by Gasteiger charge is -2.18. The number of rotatable bonds is 7. The summed E-state index contributed by atoms with van der Waals surface area (Å²) in [4.78, 5) is 20.5. The Morgan fingerprint density at radius 2 is 2.11 bits per heavy atom. The summed E-state index contributed by atoms with van der Waals surface area (Å²) < 4.78 is 71.4. The highest BCUT2D eigenvalue weighted by Gasteiger charge is 2.37. The molecule has 35 heavy (non-hydrogen) atoms. The Bertz CT molecular complexity index is 1110. The maximum absolute atomic E-state index is 15.0. The van der Waals surface area contributed by atoms with E-state index in [9.17, 15) is 18.0 Å². The van der Waals surface area contributed by atoms with E-state index in [1.807, 2.05) is 0 Å². The lowest BCUT2D eigenvalue weighted by Crippen LogP contribution is -2.29. The lowest BCUT2D eigenvalue weighted by atomic mass is 10.1. The molecule has 1 aromatic heterocycles. The minimum Gasteiger partial charge on any atom is -0.472 e. The highest BCUT2D eigenvalue weighted by atomic mass is 79.9. The summed E-state index contributed by atoms with van der Waals surface area (Å²) in [6.45, 7) is 1.65. The molecule has 2 fully saturated rings. The van der Waals surface area contributed by atoms with Crippen molar-refractivity contribution < 1.29 is 41.7 Å². The smallest absolute Gasteiger partial charge is 0.417 e. The Hall–Kier alpha value is -2.45. The van der Waals surface area contributed by atoms with Crippen molar-refractivity contribution in [2.75, 3.05) is 40.0 Å². The van der Waals surface area contributed by atoms with Crippen molar-refractivity contribution in [2.24, 2.45) is 5.92 Å². The number of hydrogen-bond donors (Lipinski definition) is 2. The Morgan fingerprint density at radius 3 is 2.77 bits per heavy atom. The molecular formula is C21H23BrF4N4O5. The van der Waals surface area contributed by atoms with E-state index in [-0.39, 0.29) is 43.0 Å². The summed E-state index contributed by atoms with van der Waals surface area (Å²) >= 11 is 2.68. The molecule has 0 bridgehead atoms. The molecule has 4 rings (SSSR count). The van der Waals surface area contributed by atoms with Crippen LogP contribution < -0.4 is 14.8 Å². The van der Waals surface area contributed by atoms with E-state index in [1.165, 1.54) is 0 Å². The molecule has 3 heterocycles. The Labute approximate surface area is 205 Å². The van der Waals surface area contributed by atoms with Gasteiger partial charge in [0, 0.05) is 32.7 Å². The zero-order valence-corrected chi connectivity index (χ0v) is 20.2. The average Bonchev–Trinajstić information content (AvgIpc) is 3.44. The second-order valence-corrected chi connectivity index (χ2v) is 9.28. The number of carboxylic acid groups (broad SMARTS) is 1. The normalized spacial score (nSPS) is 22.7. The van der Waals surface area contributed by atoms with Crippen LogP contribution in [0.3, 0.4) is 0 Å². The summed E-state index contributed by atoms with van der Waals surface area (Å²) in [5.41, 5.74) is -1.66. The van der Waals surface area contributed by atoms with Gasteiger partial charge in [0.2, 0.25) is 5.88 Å². The molecule has 2 N–H and O–H groups in total. The molecule has 2 aromatic rings. The van der Waals surface area contributed by atoms with Crippen LogP contribution >= 0.6 is 15.9 Å². The van der Waals surface area contributed by atoms with Gasteiger partial charge in [-0.25, -0.2) is 9.18 Å². The highest BCUT2D eigenvalue weighted by molar-refractivity contribution is 9.10. The van der Waals surface area contributed by atoms with Gasteiger partial charge < -0.3 is 29.5 Å². The number of nitrogens with zero attached hydrogens (tertiary/aromatic N) is 3. The number of carbonyl (C=O) groups is 1. The summed E-state index contributed by atoms with van der Waals surface area (Å²) in [7, 11) is 1.62. The van der Waals surface area contributed by atoms with Crippen LogP contribution in [0.4, 0.5) is 22.4 Å². The van der Waals surface area contributed by atoms with Gasteiger partial charge in [0.05, 0.1) is 28.6 Å². The number of nitrogens with one attached hydrogen (secondary N) is 1. The van der Waals surface area contributed by atoms with Gasteiger partial charge in [-0.05, 0) is 34.3 Å². The van der Waals surface area contributed by atoms with Crippen LogP contribution in [0.25, 0.3) is 10.9 Å². The minimum absolute atomic E-state index is 0.00492. The molecule has 0 aliphatic carbocycles. The maximum atomic E-state index is 15.0. The second kappa shape index (κ2) is 10.3. The molecule has 1 aromatic carbocycles. The molecule has 0 saturated carbocycles. The summed E-state index contributed by atoms with van der Waals surface area (Å²) in [5.74, 6) is -1.24. The van der Waals surface area contributed by atoms with Crippen molar-refractivity contribution in [2.45, 2.75) is 31.2 Å². The van der Waals surface area contributed by atoms with Crippen LogP contribution in [0.1, 0.15) is 18.4 Å². The molecule has 2 saturated heterocycles. The number of amides is 1. The molecule has 14 heteroatoms. The first kappa shape index (κ1) is 25.6. The molecule has 1 amide bonds. The first-order valence-corrected chi connectivity index (χ1v) is 11.6. The molecular weight excluding hydrogens is 544 g/mol. The maximum Gasteiger partial charge on any atom is 0.417 e. The van der Waals surface area contributed by atoms with Gasteiger partial charge in [0.25, 0.3) is 0 Å². The van der Waals surface area contributed by atoms with E-state index in [0.29, 0.717) is 25.0 Å². The SMILES string of the molecule is COC[C@H]1CN[C@H](COc2nc(O[C@@H]3CCN(C(=O)O)C3)c3cc(C(F)(F)F)c(Br)c(F)c3n2)C1. The van der Waals surface area contributed by atoms with Gasteiger partial charge >= 0.3 is 18.3 Å². The average molecular weight is 567 g/mol. The van der Waals surface area contributed by atoms with Crippen molar-refractivity contribution in [3.8, 4) is 11.9 Å². The third kappa shape index (κ3) is 5.70. The number of halogens is 5. The predicted molar refractivity (Wildman–Crippen MR) is 118 cm³/mol. The van der Waals surface area contributed by atoms with Gasteiger partial charge in [-0.15, -0.1) is 0 Å². The quantitative estimate of drug-likeness (QED) is 0.489. The number of fused-ring (bicyclic) bond motifs is 1. The van der Waals surface area contributed by atoms with E-state index in [2.05, 4.69) is 31.2 Å². The van der Waals surface area contributed by atoms with E-state index in [4.69, 9.17) is 19.3 Å². The zero-order valence-electron chi connectivity index (χ0n) is 18.6. The van der Waals surface area contributed by atoms with Crippen molar-refractivity contribution in [1.82, 2.24) is 20.2 Å². The van der Waals surface area contributed by atoms with Crippen molar-refractivity contribution in [3.63, 3.8) is 0 Å². The van der Waals surface area contributed by atoms with Gasteiger partial charge in [0.15, 0.2) is 5.82 Å². The predicted octanol–water partition coefficient (Wildman–Crippen LogP) is 3.68. The van der Waals surface area contributed by atoms with Crippen molar-refractivity contribution >= 4 is 32.9 Å². The third-order valence-corrected chi connectivity index (χ3v) is 6.72. The Morgan fingerprint density at radius 1 is 1.34 bits per heavy atom. The van der Waals surface area contributed by atoms with Crippen LogP contribution in [0.15, 0.2) is 10.5 Å². The summed E-state index contributed by atoms with van der Waals surface area (Å²) in [5, 5.41) is 12.1. The van der Waals surface area contributed by atoms with Gasteiger partial charge in [0.1, 0.15) is 18.2 Å². The van der Waals surface area contributed by atoms with Crippen molar-refractivity contribution in [3.05, 3.63) is 21.9 Å². The fourth-order valence-electron chi connectivity index (χ4n) is 4.24. The molecule has 2 aliphatic rings. The molecule has 3 atom stereocenters. The first-order valence-electron chi connectivity index (χ1n) is 10.8. The molecule has 9 nitrogen and oxygen atoms in total. The fraction of sp³-hybridized carbons (Fsp3) is 0.571. The van der Waals surface area contributed by atoms with Gasteiger partial charge in [-0.2, -0.15) is 23.1 Å². The van der Waals surface area contributed by atoms with E-state index < -0.39 is 39.7 Å². The molecule has 0 radical (unpaired) electrons. The van der Waals surface area contributed by atoms with Crippen LogP contribution in [0.5, 0.6) is 11.9 Å². The number of methoxy groups -OCH3 is 1. The number of ether oxygens (including phenoxy) is 3. The molecule has 0 unspecified atom stereocenters. The zero-order chi connectivity index (χ0) is 25.3. The number of aromatic nitrogens is 2.